The van der Waals surface area contributed by atoms with Crippen LogP contribution in [-0.4, -0.2) is 22.6 Å². The number of nitrogens with one attached hydrogen (secondary N) is 2. The Hall–Kier alpha value is -1.18. The Bertz CT molecular complexity index is 516. The normalized spacial score (nSPS) is 12.2. The molecule has 1 unspecified atom stereocenters. The van der Waals surface area contributed by atoms with Crippen LogP contribution in [0, 0.1) is 0 Å². The Morgan fingerprint density at radius 1 is 1.39 bits per heavy atom. The van der Waals surface area contributed by atoms with Gasteiger partial charge in [-0.25, -0.2) is 9.97 Å². The maximum Gasteiger partial charge on any atom is 0.136 e. The van der Waals surface area contributed by atoms with Crippen molar-refractivity contribution in [3.05, 3.63) is 28.3 Å². The molecule has 0 spiro atoms. The van der Waals surface area contributed by atoms with Gasteiger partial charge in [0.2, 0.25) is 0 Å². The van der Waals surface area contributed by atoms with Gasteiger partial charge in [-0.2, -0.15) is 0 Å². The van der Waals surface area contributed by atoms with Crippen LogP contribution < -0.4 is 16.4 Å². The number of thiophene rings is 1. The van der Waals surface area contributed by atoms with Gasteiger partial charge in [-0.05, 0) is 35.0 Å². The Kier molecular flexibility index (Phi) is 4.51. The molecule has 4 N–H and O–H groups in total. The highest BCUT2D eigenvalue weighted by molar-refractivity contribution is 9.11. The zero-order valence-electron chi connectivity index (χ0n) is 9.85. The van der Waals surface area contributed by atoms with Crippen molar-refractivity contribution in [2.24, 2.45) is 5.73 Å². The van der Waals surface area contributed by atoms with E-state index < -0.39 is 0 Å². The lowest BCUT2D eigenvalue weighted by molar-refractivity contribution is 0.797. The largest absolute Gasteiger partial charge is 0.366 e. The third kappa shape index (κ3) is 3.66. The summed E-state index contributed by atoms with van der Waals surface area (Å²) in [5.41, 5.74) is 5.56. The van der Waals surface area contributed by atoms with Gasteiger partial charge in [-0.3, -0.25) is 0 Å². The molecule has 0 radical (unpaired) electrons. The van der Waals surface area contributed by atoms with Crippen molar-refractivity contribution in [3.63, 3.8) is 0 Å². The summed E-state index contributed by atoms with van der Waals surface area (Å²) in [6.45, 7) is 2.57. The fourth-order valence-electron chi connectivity index (χ4n) is 1.32. The lowest BCUT2D eigenvalue weighted by atomic mass is 10.3. The van der Waals surface area contributed by atoms with Crippen LogP contribution in [0.1, 0.15) is 6.92 Å². The topological polar surface area (TPSA) is 75.9 Å². The Labute approximate surface area is 118 Å². The summed E-state index contributed by atoms with van der Waals surface area (Å²) in [5.74, 6) is 1.52. The van der Waals surface area contributed by atoms with Crippen LogP contribution in [-0.2, 0) is 0 Å². The molecule has 2 aromatic heterocycles. The van der Waals surface area contributed by atoms with E-state index in [-0.39, 0.29) is 6.04 Å². The molecule has 2 rings (SSSR count). The van der Waals surface area contributed by atoms with Crippen molar-refractivity contribution in [1.29, 1.82) is 0 Å². The average Bonchev–Trinajstić information content (AvgIpc) is 2.75. The minimum absolute atomic E-state index is 0.184. The Balaban J connectivity index is 2.07. The van der Waals surface area contributed by atoms with Gasteiger partial charge in [-0.1, -0.05) is 0 Å². The quantitative estimate of drug-likeness (QED) is 0.787. The smallest absolute Gasteiger partial charge is 0.136 e. The average molecular weight is 328 g/mol. The van der Waals surface area contributed by atoms with E-state index in [1.165, 1.54) is 6.33 Å². The van der Waals surface area contributed by atoms with Crippen LogP contribution in [0.15, 0.2) is 28.3 Å². The summed E-state index contributed by atoms with van der Waals surface area (Å²) in [4.78, 5) is 8.33. The lowest BCUT2D eigenvalue weighted by Gasteiger charge is -2.12. The van der Waals surface area contributed by atoms with E-state index in [1.807, 2.05) is 25.1 Å². The monoisotopic (exact) mass is 327 g/mol. The van der Waals surface area contributed by atoms with E-state index in [4.69, 9.17) is 5.73 Å². The molecule has 0 aliphatic rings. The standard InChI is InChI=1S/C11H14BrN5S/c1-7(5-13)16-9-4-10(15-6-14-9)17-11-3-2-8(12)18-11/h2-4,6-7H,5,13H2,1H3,(H2,14,15,16,17). The highest BCUT2D eigenvalue weighted by Crippen LogP contribution is 2.28. The van der Waals surface area contributed by atoms with Gasteiger partial charge in [0.05, 0.1) is 8.79 Å². The summed E-state index contributed by atoms with van der Waals surface area (Å²) >= 11 is 5.03. The molecule has 5 nitrogen and oxygen atoms in total. The van der Waals surface area contributed by atoms with Crippen LogP contribution in [0.3, 0.4) is 0 Å². The van der Waals surface area contributed by atoms with Crippen LogP contribution in [0.4, 0.5) is 16.6 Å². The number of nitrogens with two attached hydrogens (primary N) is 1. The molecule has 0 saturated heterocycles. The molecule has 0 aromatic carbocycles. The lowest BCUT2D eigenvalue weighted by Crippen LogP contribution is -2.25. The van der Waals surface area contributed by atoms with E-state index in [2.05, 4.69) is 36.5 Å². The van der Waals surface area contributed by atoms with Gasteiger partial charge in [0, 0.05) is 18.7 Å². The summed E-state index contributed by atoms with van der Waals surface area (Å²) in [6, 6.07) is 6.03. The zero-order valence-corrected chi connectivity index (χ0v) is 12.3. The van der Waals surface area contributed by atoms with E-state index in [0.717, 1.165) is 20.4 Å². The zero-order chi connectivity index (χ0) is 13.0. The van der Waals surface area contributed by atoms with Crippen LogP contribution in [0.2, 0.25) is 0 Å². The van der Waals surface area contributed by atoms with Crippen molar-refractivity contribution in [3.8, 4) is 0 Å². The number of anilines is 3. The number of aromatic nitrogens is 2. The first-order valence-corrected chi connectivity index (χ1v) is 7.09. The maximum atomic E-state index is 5.56. The first-order chi connectivity index (χ1) is 8.67. The van der Waals surface area contributed by atoms with E-state index in [1.54, 1.807) is 11.3 Å². The fourth-order valence-corrected chi connectivity index (χ4v) is 2.62. The Morgan fingerprint density at radius 2 is 2.17 bits per heavy atom. The van der Waals surface area contributed by atoms with Crippen molar-refractivity contribution in [2.45, 2.75) is 13.0 Å². The minimum atomic E-state index is 0.184. The van der Waals surface area contributed by atoms with Crippen molar-refractivity contribution >= 4 is 43.9 Å². The molecule has 2 aromatic rings. The molecule has 0 aliphatic heterocycles. The molecule has 1 atom stereocenters. The maximum absolute atomic E-state index is 5.56. The summed E-state index contributed by atoms with van der Waals surface area (Å²) < 4.78 is 1.08. The van der Waals surface area contributed by atoms with Crippen LogP contribution >= 0.6 is 27.3 Å². The minimum Gasteiger partial charge on any atom is -0.366 e. The van der Waals surface area contributed by atoms with Crippen LogP contribution in [0.25, 0.3) is 0 Å². The van der Waals surface area contributed by atoms with Crippen LogP contribution in [0.5, 0.6) is 0 Å². The molecule has 0 saturated carbocycles. The van der Waals surface area contributed by atoms with Crippen molar-refractivity contribution in [2.75, 3.05) is 17.2 Å². The molecule has 0 aliphatic carbocycles. The SMILES string of the molecule is CC(CN)Nc1cc(Nc2ccc(Br)s2)ncn1. The predicted octanol–water partition coefficient (Wildman–Crippen LogP) is 2.80. The second-order valence-corrected chi connectivity index (χ2v) is 6.26. The number of rotatable bonds is 5. The van der Waals surface area contributed by atoms with Gasteiger partial charge < -0.3 is 16.4 Å². The Morgan fingerprint density at radius 3 is 2.83 bits per heavy atom. The molecule has 7 heteroatoms. The van der Waals surface area contributed by atoms with Gasteiger partial charge in [-0.15, -0.1) is 11.3 Å². The molecule has 96 valence electrons. The number of halogens is 1. The molecule has 0 fully saturated rings. The number of nitrogens with zero attached hydrogens (tertiary/aromatic N) is 2. The third-order valence-corrected chi connectivity index (χ3v) is 3.78. The third-order valence-electron chi connectivity index (χ3n) is 2.24. The van der Waals surface area contributed by atoms with Gasteiger partial charge in [0.15, 0.2) is 0 Å². The summed E-state index contributed by atoms with van der Waals surface area (Å²) in [6.07, 6.45) is 1.52. The van der Waals surface area contributed by atoms with Gasteiger partial charge in [0.25, 0.3) is 0 Å². The summed E-state index contributed by atoms with van der Waals surface area (Å²) in [5, 5.41) is 7.45. The number of hydrogen-bond donors (Lipinski definition) is 3. The molecule has 0 bridgehead atoms. The second kappa shape index (κ2) is 6.12. The molecule has 2 heterocycles. The fraction of sp³-hybridized carbons (Fsp3) is 0.273. The van der Waals surface area contributed by atoms with Gasteiger partial charge in [0.1, 0.15) is 18.0 Å². The molecular weight excluding hydrogens is 314 g/mol. The predicted molar refractivity (Wildman–Crippen MR) is 79.5 cm³/mol. The molecule has 0 amide bonds. The van der Waals surface area contributed by atoms with Gasteiger partial charge >= 0.3 is 0 Å². The molecule has 18 heavy (non-hydrogen) atoms. The van der Waals surface area contributed by atoms with Crippen molar-refractivity contribution < 1.29 is 0 Å². The highest BCUT2D eigenvalue weighted by Gasteiger charge is 2.03. The van der Waals surface area contributed by atoms with E-state index in [0.29, 0.717) is 6.54 Å². The summed E-state index contributed by atoms with van der Waals surface area (Å²) in [7, 11) is 0. The van der Waals surface area contributed by atoms with E-state index in [9.17, 15) is 0 Å². The number of hydrogen-bond acceptors (Lipinski definition) is 6. The van der Waals surface area contributed by atoms with Crippen molar-refractivity contribution in [1.82, 2.24) is 9.97 Å². The first-order valence-electron chi connectivity index (χ1n) is 5.48. The molecular formula is C11H14BrN5S. The van der Waals surface area contributed by atoms with E-state index >= 15 is 0 Å². The highest BCUT2D eigenvalue weighted by atomic mass is 79.9. The second-order valence-electron chi connectivity index (χ2n) is 3.80. The first kappa shape index (κ1) is 13.3.